The summed E-state index contributed by atoms with van der Waals surface area (Å²) in [5.74, 6) is 0. The van der Waals surface area contributed by atoms with Gasteiger partial charge < -0.3 is 0 Å². The molecule has 2 heterocycles. The lowest BCUT2D eigenvalue weighted by atomic mass is 9.67. The minimum atomic E-state index is 0.651. The number of pyridine rings is 1. The van der Waals surface area contributed by atoms with Gasteiger partial charge in [0.1, 0.15) is 0 Å². The third kappa shape index (κ3) is 2.89. The molecule has 4 rings (SSSR count). The Morgan fingerprint density at radius 2 is 2.17 bits per heavy atom. The Morgan fingerprint density at radius 3 is 2.91 bits per heavy atom. The van der Waals surface area contributed by atoms with Crippen LogP contribution >= 0.6 is 11.9 Å². The summed E-state index contributed by atoms with van der Waals surface area (Å²) in [7, 11) is 0. The molecule has 1 aliphatic carbocycles. The highest BCUT2D eigenvalue weighted by Gasteiger charge is 2.47. The molecular weight excluding hydrogens is 300 g/mol. The summed E-state index contributed by atoms with van der Waals surface area (Å²) in [4.78, 5) is 5.90. The average molecular weight is 327 g/mol. The fraction of sp³-hybridized carbons (Fsp3) is 0.550. The van der Waals surface area contributed by atoms with E-state index in [4.69, 9.17) is 0 Å². The maximum atomic E-state index is 4.56. The van der Waals surface area contributed by atoms with Crippen LogP contribution in [-0.2, 0) is 0 Å². The van der Waals surface area contributed by atoms with Gasteiger partial charge in [-0.05, 0) is 73.7 Å². The lowest BCUT2D eigenvalue weighted by Crippen LogP contribution is -2.31. The topological polar surface area (TPSA) is 16.1 Å². The average Bonchev–Trinajstić information content (AvgIpc) is 2.87. The second kappa shape index (κ2) is 6.10. The first kappa shape index (κ1) is 15.5. The van der Waals surface area contributed by atoms with Crippen LogP contribution in [0.4, 0.5) is 0 Å². The largest absolute Gasteiger partial charge is 0.256 e. The standard InChI is InChI=1S/C20H26N2S/c1-3-5-16-13-20(9-4-10-20)14-22(16)23-17-6-7-18-15(2)8-11-21-19(18)12-17/h6-8,11-12,16H,3-5,9-10,13-14H2,1-2H3. The molecule has 0 bridgehead atoms. The number of fused-ring (bicyclic) bond motifs is 1. The van der Waals surface area contributed by atoms with Gasteiger partial charge in [-0.2, -0.15) is 0 Å². The number of aryl methyl sites for hydroxylation is 1. The van der Waals surface area contributed by atoms with E-state index in [9.17, 15) is 0 Å². The van der Waals surface area contributed by atoms with Gasteiger partial charge in [0.25, 0.3) is 0 Å². The second-order valence-corrected chi connectivity index (χ2v) is 8.60. The Bertz CT molecular complexity index is 708. The molecule has 0 amide bonds. The van der Waals surface area contributed by atoms with Crippen LogP contribution in [0.5, 0.6) is 0 Å². The smallest absolute Gasteiger partial charge is 0.0716 e. The van der Waals surface area contributed by atoms with E-state index in [0.29, 0.717) is 5.41 Å². The van der Waals surface area contributed by atoms with Crippen LogP contribution in [0.25, 0.3) is 10.9 Å². The highest BCUT2D eigenvalue weighted by atomic mass is 32.2. The van der Waals surface area contributed by atoms with Gasteiger partial charge in [-0.25, -0.2) is 4.31 Å². The van der Waals surface area contributed by atoms with E-state index in [1.807, 2.05) is 18.1 Å². The Kier molecular flexibility index (Phi) is 4.10. The molecule has 23 heavy (non-hydrogen) atoms. The zero-order valence-corrected chi connectivity index (χ0v) is 15.0. The van der Waals surface area contributed by atoms with Crippen molar-refractivity contribution in [1.29, 1.82) is 0 Å². The van der Waals surface area contributed by atoms with Crippen LogP contribution in [0.1, 0.15) is 51.0 Å². The number of hydrogen-bond donors (Lipinski definition) is 0. The van der Waals surface area contributed by atoms with Gasteiger partial charge in [0.15, 0.2) is 0 Å². The summed E-state index contributed by atoms with van der Waals surface area (Å²) in [5, 5.41) is 1.28. The number of benzene rings is 1. The van der Waals surface area contributed by atoms with Gasteiger partial charge in [0.2, 0.25) is 0 Å². The van der Waals surface area contributed by atoms with Crippen LogP contribution in [0.15, 0.2) is 35.4 Å². The molecule has 2 fully saturated rings. The van der Waals surface area contributed by atoms with Gasteiger partial charge in [0, 0.05) is 29.1 Å². The van der Waals surface area contributed by atoms with Crippen molar-refractivity contribution < 1.29 is 0 Å². The maximum absolute atomic E-state index is 4.56. The highest BCUT2D eigenvalue weighted by Crippen LogP contribution is 2.53. The van der Waals surface area contributed by atoms with Crippen LogP contribution in [-0.4, -0.2) is 21.9 Å². The summed E-state index contributed by atoms with van der Waals surface area (Å²) < 4.78 is 2.68. The molecule has 1 saturated heterocycles. The number of rotatable bonds is 4. The van der Waals surface area contributed by atoms with E-state index < -0.39 is 0 Å². The molecule has 1 aromatic carbocycles. The third-order valence-electron chi connectivity index (χ3n) is 5.76. The highest BCUT2D eigenvalue weighted by molar-refractivity contribution is 7.97. The molecule has 1 aliphatic heterocycles. The Labute approximate surface area is 143 Å². The Morgan fingerprint density at radius 1 is 1.30 bits per heavy atom. The van der Waals surface area contributed by atoms with E-state index >= 15 is 0 Å². The van der Waals surface area contributed by atoms with Crippen molar-refractivity contribution in [3.05, 3.63) is 36.0 Å². The van der Waals surface area contributed by atoms with Gasteiger partial charge in [0.05, 0.1) is 5.52 Å². The summed E-state index contributed by atoms with van der Waals surface area (Å²) in [6.45, 7) is 5.76. The summed E-state index contributed by atoms with van der Waals surface area (Å²) in [6.07, 6.45) is 10.3. The van der Waals surface area contributed by atoms with E-state index in [1.54, 1.807) is 0 Å². The van der Waals surface area contributed by atoms with Crippen LogP contribution in [0.2, 0.25) is 0 Å². The first-order valence-corrected chi connectivity index (χ1v) is 9.76. The van der Waals surface area contributed by atoms with Crippen LogP contribution < -0.4 is 0 Å². The van der Waals surface area contributed by atoms with E-state index in [0.717, 1.165) is 11.6 Å². The molecule has 1 atom stereocenters. The Balaban J connectivity index is 1.56. The van der Waals surface area contributed by atoms with Crippen molar-refractivity contribution in [2.24, 2.45) is 5.41 Å². The van der Waals surface area contributed by atoms with Crippen molar-refractivity contribution in [3.63, 3.8) is 0 Å². The molecule has 0 N–H and O–H groups in total. The molecule has 1 saturated carbocycles. The van der Waals surface area contributed by atoms with Crippen molar-refractivity contribution in [2.45, 2.75) is 63.3 Å². The summed E-state index contributed by atoms with van der Waals surface area (Å²) >= 11 is 1.96. The number of aromatic nitrogens is 1. The SMILES string of the molecule is CCCC1CC2(CCC2)CN1Sc1ccc2c(C)ccnc2c1. The maximum Gasteiger partial charge on any atom is 0.0716 e. The minimum Gasteiger partial charge on any atom is -0.256 e. The molecular formula is C20H26N2S. The summed E-state index contributed by atoms with van der Waals surface area (Å²) in [5.41, 5.74) is 3.09. The molecule has 3 heteroatoms. The predicted octanol–water partition coefficient (Wildman–Crippen LogP) is 5.60. The van der Waals surface area contributed by atoms with Gasteiger partial charge >= 0.3 is 0 Å². The lowest BCUT2D eigenvalue weighted by molar-refractivity contribution is 0.153. The monoisotopic (exact) mass is 326 g/mol. The molecule has 2 aromatic rings. The van der Waals surface area contributed by atoms with E-state index in [-0.39, 0.29) is 0 Å². The molecule has 0 radical (unpaired) electrons. The summed E-state index contributed by atoms with van der Waals surface area (Å²) in [6, 6.07) is 9.63. The molecule has 1 spiro atoms. The van der Waals surface area contributed by atoms with E-state index in [2.05, 4.69) is 47.4 Å². The van der Waals surface area contributed by atoms with Crippen molar-refractivity contribution in [3.8, 4) is 0 Å². The lowest BCUT2D eigenvalue weighted by Gasteiger charge is -2.38. The van der Waals surface area contributed by atoms with Gasteiger partial charge in [-0.15, -0.1) is 0 Å². The molecule has 1 aromatic heterocycles. The van der Waals surface area contributed by atoms with Crippen LogP contribution in [0, 0.1) is 12.3 Å². The zero-order chi connectivity index (χ0) is 15.9. The van der Waals surface area contributed by atoms with Gasteiger partial charge in [-0.3, -0.25) is 4.98 Å². The number of nitrogens with zero attached hydrogens (tertiary/aromatic N) is 2. The quantitative estimate of drug-likeness (QED) is 0.681. The second-order valence-electron chi connectivity index (χ2n) is 7.47. The first-order valence-electron chi connectivity index (χ1n) is 8.99. The van der Waals surface area contributed by atoms with Crippen molar-refractivity contribution in [2.75, 3.05) is 6.54 Å². The number of hydrogen-bond acceptors (Lipinski definition) is 3. The Hall–Kier alpha value is -1.06. The van der Waals surface area contributed by atoms with Crippen molar-refractivity contribution >= 4 is 22.9 Å². The molecule has 122 valence electrons. The molecule has 2 aliphatic rings. The third-order valence-corrected chi connectivity index (χ3v) is 6.88. The van der Waals surface area contributed by atoms with Gasteiger partial charge in [-0.1, -0.05) is 25.8 Å². The van der Waals surface area contributed by atoms with Crippen LogP contribution in [0.3, 0.4) is 0 Å². The van der Waals surface area contributed by atoms with Crippen molar-refractivity contribution in [1.82, 2.24) is 9.29 Å². The minimum absolute atomic E-state index is 0.651. The fourth-order valence-electron chi connectivity index (χ4n) is 4.31. The predicted molar refractivity (Wildman–Crippen MR) is 98.6 cm³/mol. The molecule has 2 nitrogen and oxygen atoms in total. The first-order chi connectivity index (χ1) is 11.2. The normalized spacial score (nSPS) is 23.5. The molecule has 1 unspecified atom stereocenters. The fourth-order valence-corrected chi connectivity index (χ4v) is 5.55. The zero-order valence-electron chi connectivity index (χ0n) is 14.2. The van der Waals surface area contributed by atoms with E-state index in [1.165, 1.54) is 60.9 Å².